The van der Waals surface area contributed by atoms with Crippen LogP contribution >= 0.6 is 0 Å². The summed E-state index contributed by atoms with van der Waals surface area (Å²) in [6.07, 6.45) is 0. The molecule has 1 heterocycles. The topological polar surface area (TPSA) is 186 Å². The van der Waals surface area contributed by atoms with E-state index in [9.17, 15) is 20.0 Å². The first-order valence-electron chi connectivity index (χ1n) is 5.43. The number of phenolic OH excluding ortho intramolecular Hbond substituents is 1. The molecule has 2 aromatic rings. The Kier molecular flexibility index (Phi) is 3.47. The number of hydrogen-bond acceptors (Lipinski definition) is 9. The number of nitro benzene ring substituents is 1. The summed E-state index contributed by atoms with van der Waals surface area (Å²) in [5.74, 6) is -0.790. The number of rotatable bonds is 3. The van der Waals surface area contributed by atoms with Crippen molar-refractivity contribution < 1.29 is 10.0 Å². The fraction of sp³-hybridized carbons (Fsp3) is 0. The van der Waals surface area contributed by atoms with E-state index >= 15 is 0 Å². The number of hydrogen-bond donors (Lipinski definition) is 4. The smallest absolute Gasteiger partial charge is 0.282 e. The molecule has 0 atom stereocenters. The minimum Gasteiger partial charge on any atom is -0.506 e. The van der Waals surface area contributed by atoms with E-state index in [1.165, 1.54) is 0 Å². The Morgan fingerprint density at radius 1 is 1.33 bits per heavy atom. The normalized spacial score (nSPS) is 10.9. The summed E-state index contributed by atoms with van der Waals surface area (Å²) in [4.78, 5) is 27.3. The van der Waals surface area contributed by atoms with Gasteiger partial charge in [-0.3, -0.25) is 19.9 Å². The molecule has 0 aliphatic carbocycles. The molecule has 6 N–H and O–H groups in total. The summed E-state index contributed by atoms with van der Waals surface area (Å²) in [5.41, 5.74) is 9.21. The lowest BCUT2D eigenvalue weighted by Crippen LogP contribution is -2.12. The molecule has 0 unspecified atom stereocenters. The maximum Gasteiger partial charge on any atom is 0.282 e. The number of H-pyrrole nitrogens is 1. The van der Waals surface area contributed by atoms with Gasteiger partial charge in [0.25, 0.3) is 11.2 Å². The Balaban J connectivity index is 2.45. The van der Waals surface area contributed by atoms with Crippen molar-refractivity contribution in [2.75, 3.05) is 11.5 Å². The van der Waals surface area contributed by atoms with Crippen molar-refractivity contribution >= 4 is 28.8 Å². The van der Waals surface area contributed by atoms with Crippen molar-refractivity contribution in [3.63, 3.8) is 0 Å². The highest BCUT2D eigenvalue weighted by molar-refractivity contribution is 5.59. The van der Waals surface area contributed by atoms with Crippen molar-refractivity contribution in [3.05, 3.63) is 38.7 Å². The average Bonchev–Trinajstić information content (AvgIpc) is 2.39. The maximum atomic E-state index is 11.6. The third-order valence-electron chi connectivity index (χ3n) is 2.37. The number of nitro groups is 1. The van der Waals surface area contributed by atoms with Gasteiger partial charge in [0.05, 0.1) is 4.92 Å². The van der Waals surface area contributed by atoms with Crippen LogP contribution in [-0.2, 0) is 0 Å². The van der Waals surface area contributed by atoms with Crippen LogP contribution in [0.4, 0.5) is 28.8 Å². The summed E-state index contributed by atoms with van der Waals surface area (Å²) in [6, 6.07) is 3.18. The molecule has 0 aliphatic rings. The molecule has 0 radical (unpaired) electrons. The van der Waals surface area contributed by atoms with Crippen molar-refractivity contribution in [3.8, 4) is 5.75 Å². The van der Waals surface area contributed by atoms with Crippen molar-refractivity contribution in [2.45, 2.75) is 0 Å². The second-order valence-corrected chi connectivity index (χ2v) is 3.82. The van der Waals surface area contributed by atoms with Gasteiger partial charge in [-0.25, -0.2) is 0 Å². The fourth-order valence-corrected chi connectivity index (χ4v) is 1.41. The molecule has 2 rings (SSSR count). The van der Waals surface area contributed by atoms with Crippen LogP contribution in [0.3, 0.4) is 0 Å². The Labute approximate surface area is 116 Å². The van der Waals surface area contributed by atoms with Gasteiger partial charge in [-0.2, -0.15) is 4.98 Å². The molecule has 21 heavy (non-hydrogen) atoms. The molecule has 0 amide bonds. The first-order chi connectivity index (χ1) is 9.88. The number of aromatic amines is 1. The zero-order valence-electron chi connectivity index (χ0n) is 10.3. The van der Waals surface area contributed by atoms with Crippen LogP contribution in [0.5, 0.6) is 5.75 Å². The number of nitrogens with one attached hydrogen (secondary N) is 1. The van der Waals surface area contributed by atoms with Crippen molar-refractivity contribution in [1.82, 2.24) is 9.97 Å². The molecule has 1 aromatic heterocycles. The predicted octanol–water partition coefficient (Wildman–Crippen LogP) is 0.963. The summed E-state index contributed by atoms with van der Waals surface area (Å²) in [6.45, 7) is 0. The molecule has 0 spiro atoms. The van der Waals surface area contributed by atoms with Gasteiger partial charge in [-0.05, 0) is 6.07 Å². The van der Waals surface area contributed by atoms with Gasteiger partial charge in [0, 0.05) is 12.1 Å². The van der Waals surface area contributed by atoms with Gasteiger partial charge in [-0.1, -0.05) is 0 Å². The second-order valence-electron chi connectivity index (χ2n) is 3.82. The number of azo groups is 1. The summed E-state index contributed by atoms with van der Waals surface area (Å²) >= 11 is 0. The van der Waals surface area contributed by atoms with Crippen LogP contribution in [0.2, 0.25) is 0 Å². The lowest BCUT2D eigenvalue weighted by atomic mass is 10.2. The van der Waals surface area contributed by atoms with E-state index < -0.39 is 10.5 Å². The standard InChI is InChI=1S/C10H9N7O4/c11-8-7(9(19)14-10(12)13-8)16-15-5-3-4(17(20)21)1-2-6(5)18/h1-3,18H,(H5,11,12,13,14,19). The lowest BCUT2D eigenvalue weighted by Gasteiger charge is -2.00. The zero-order valence-corrected chi connectivity index (χ0v) is 10.3. The minimum atomic E-state index is -0.728. The zero-order chi connectivity index (χ0) is 15.6. The number of phenols is 1. The van der Waals surface area contributed by atoms with Gasteiger partial charge in [0.2, 0.25) is 5.95 Å². The molecule has 0 saturated carbocycles. The fourth-order valence-electron chi connectivity index (χ4n) is 1.41. The van der Waals surface area contributed by atoms with E-state index in [-0.39, 0.29) is 34.6 Å². The van der Waals surface area contributed by atoms with Crippen LogP contribution in [0, 0.1) is 10.1 Å². The first kappa shape index (κ1) is 13.9. The highest BCUT2D eigenvalue weighted by Gasteiger charge is 2.11. The van der Waals surface area contributed by atoms with Crippen LogP contribution in [-0.4, -0.2) is 20.0 Å². The Morgan fingerprint density at radius 3 is 2.67 bits per heavy atom. The number of nitrogens with two attached hydrogens (primary N) is 2. The number of nitrogens with zero attached hydrogens (tertiary/aromatic N) is 4. The van der Waals surface area contributed by atoms with Gasteiger partial charge in [0.1, 0.15) is 11.4 Å². The average molecular weight is 291 g/mol. The van der Waals surface area contributed by atoms with Crippen LogP contribution in [0.1, 0.15) is 0 Å². The number of aromatic hydroxyl groups is 1. The highest BCUT2D eigenvalue weighted by atomic mass is 16.6. The largest absolute Gasteiger partial charge is 0.506 e. The third-order valence-corrected chi connectivity index (χ3v) is 2.37. The number of anilines is 2. The van der Waals surface area contributed by atoms with Crippen LogP contribution in [0.25, 0.3) is 0 Å². The first-order valence-corrected chi connectivity index (χ1v) is 5.43. The molecular formula is C10H9N7O4. The van der Waals surface area contributed by atoms with E-state index in [1.54, 1.807) is 0 Å². The number of non-ortho nitro benzene ring substituents is 1. The maximum absolute atomic E-state index is 11.6. The molecule has 11 heteroatoms. The van der Waals surface area contributed by atoms with E-state index in [0.29, 0.717) is 0 Å². The molecule has 11 nitrogen and oxygen atoms in total. The summed E-state index contributed by atoms with van der Waals surface area (Å²) in [7, 11) is 0. The monoisotopic (exact) mass is 291 g/mol. The number of nitrogen functional groups attached to an aromatic ring is 2. The third kappa shape index (κ3) is 2.91. The van der Waals surface area contributed by atoms with Gasteiger partial charge >= 0.3 is 0 Å². The van der Waals surface area contributed by atoms with Crippen molar-refractivity contribution in [2.24, 2.45) is 10.2 Å². The molecule has 0 saturated heterocycles. The predicted molar refractivity (Wildman–Crippen MR) is 72.6 cm³/mol. The Bertz CT molecular complexity index is 798. The van der Waals surface area contributed by atoms with Gasteiger partial charge in [0.15, 0.2) is 11.5 Å². The van der Waals surface area contributed by atoms with E-state index in [4.69, 9.17) is 11.5 Å². The van der Waals surface area contributed by atoms with E-state index in [1.807, 2.05) is 0 Å². The number of benzene rings is 1. The SMILES string of the molecule is Nc1nc(N)c(N=Nc2cc([N+](=O)[O-])ccc2O)c(=O)[nH]1. The summed E-state index contributed by atoms with van der Waals surface area (Å²) < 4.78 is 0. The Morgan fingerprint density at radius 2 is 2.05 bits per heavy atom. The van der Waals surface area contributed by atoms with Crippen LogP contribution < -0.4 is 17.0 Å². The second kappa shape index (κ2) is 5.24. The molecule has 0 fully saturated rings. The van der Waals surface area contributed by atoms with Crippen molar-refractivity contribution in [1.29, 1.82) is 0 Å². The number of aromatic nitrogens is 2. The molecule has 1 aromatic carbocycles. The lowest BCUT2D eigenvalue weighted by molar-refractivity contribution is -0.384. The quantitative estimate of drug-likeness (QED) is 0.368. The molecule has 0 bridgehead atoms. The molecule has 0 aliphatic heterocycles. The minimum absolute atomic E-state index is 0.186. The van der Waals surface area contributed by atoms with Crippen LogP contribution in [0.15, 0.2) is 33.2 Å². The van der Waals surface area contributed by atoms with E-state index in [2.05, 4.69) is 20.2 Å². The molecular weight excluding hydrogens is 282 g/mol. The van der Waals surface area contributed by atoms with Gasteiger partial charge < -0.3 is 16.6 Å². The summed E-state index contributed by atoms with van der Waals surface area (Å²) in [5, 5.41) is 27.3. The van der Waals surface area contributed by atoms with E-state index in [0.717, 1.165) is 18.2 Å². The van der Waals surface area contributed by atoms with Gasteiger partial charge in [-0.15, -0.1) is 10.2 Å². The molecule has 108 valence electrons. The highest BCUT2D eigenvalue weighted by Crippen LogP contribution is 2.31. The Hall–Kier alpha value is -3.50.